The lowest BCUT2D eigenvalue weighted by molar-refractivity contribution is -0.156. The average molecular weight is 530 g/mol. The van der Waals surface area contributed by atoms with Gasteiger partial charge in [0, 0.05) is 0 Å². The number of rotatable bonds is 14. The Bertz CT molecular complexity index is 892. The Morgan fingerprint density at radius 1 is 0.919 bits per heavy atom. The molecule has 0 saturated heterocycles. The van der Waals surface area contributed by atoms with Gasteiger partial charge in [-0.3, -0.25) is 9.59 Å². The van der Waals surface area contributed by atoms with Gasteiger partial charge in [-0.2, -0.15) is 8.78 Å². The molecule has 12 heteroatoms. The fourth-order valence-electron chi connectivity index (χ4n) is 3.27. The molecule has 4 N–H and O–H groups in total. The first-order valence-corrected chi connectivity index (χ1v) is 11.9. The second-order valence-electron chi connectivity index (χ2n) is 9.91. The van der Waals surface area contributed by atoms with E-state index in [2.05, 4.69) is 20.7 Å². The van der Waals surface area contributed by atoms with Crippen molar-refractivity contribution < 1.29 is 42.5 Å². The van der Waals surface area contributed by atoms with Crippen molar-refractivity contribution in [2.24, 2.45) is 5.92 Å². The maximum Gasteiger partial charge on any atom is 0.408 e. The van der Waals surface area contributed by atoms with Gasteiger partial charge < -0.3 is 30.5 Å². The standard InChI is InChI=1S/C25H37F2N3O7/c1-15(2)13-18(21(32)29-19(22(33)34)14-36-23(26)27)28-20(31)17(30-24(35)37-25(3,4)5)12-11-16-9-7-6-8-10-16/h6-10,15,17-19,23H,11-14H2,1-5H3,(H,28,31)(H,29,32)(H,30,35)(H,33,34)/t17-,18-,19-/m0/s1. The predicted molar refractivity (Wildman–Crippen MR) is 131 cm³/mol. The number of benzene rings is 1. The smallest absolute Gasteiger partial charge is 0.408 e. The number of alkyl halides is 2. The molecular formula is C25H37F2N3O7. The van der Waals surface area contributed by atoms with Gasteiger partial charge in [0.15, 0.2) is 6.04 Å². The van der Waals surface area contributed by atoms with Crippen molar-refractivity contribution in [1.29, 1.82) is 0 Å². The number of aliphatic carboxylic acids is 1. The summed E-state index contributed by atoms with van der Waals surface area (Å²) < 4.78 is 34.0. The topological polar surface area (TPSA) is 143 Å². The van der Waals surface area contributed by atoms with Crippen molar-refractivity contribution in [3.05, 3.63) is 35.9 Å². The molecule has 0 aromatic heterocycles. The quantitative estimate of drug-likeness (QED) is 0.290. The molecule has 3 amide bonds. The SMILES string of the molecule is CC(C)C[C@H](NC(=O)[C@H](CCc1ccccc1)NC(=O)OC(C)(C)C)C(=O)N[C@@H](COC(F)F)C(=O)O. The minimum atomic E-state index is -3.21. The lowest BCUT2D eigenvalue weighted by atomic mass is 10.0. The van der Waals surface area contributed by atoms with E-state index in [-0.39, 0.29) is 18.8 Å². The third-order valence-electron chi connectivity index (χ3n) is 4.92. The highest BCUT2D eigenvalue weighted by atomic mass is 19.3. The summed E-state index contributed by atoms with van der Waals surface area (Å²) in [5, 5.41) is 16.5. The first-order valence-electron chi connectivity index (χ1n) is 11.9. The Kier molecular flexibility index (Phi) is 12.9. The lowest BCUT2D eigenvalue weighted by Crippen LogP contribution is -2.57. The van der Waals surface area contributed by atoms with Crippen molar-refractivity contribution >= 4 is 23.9 Å². The van der Waals surface area contributed by atoms with Crippen LogP contribution in [0.2, 0.25) is 0 Å². The molecule has 1 aromatic rings. The summed E-state index contributed by atoms with van der Waals surface area (Å²) in [4.78, 5) is 49.8. The lowest BCUT2D eigenvalue weighted by Gasteiger charge is -2.26. The number of hydrogen-bond acceptors (Lipinski definition) is 6. The molecule has 208 valence electrons. The van der Waals surface area contributed by atoms with E-state index in [1.807, 2.05) is 30.3 Å². The second kappa shape index (κ2) is 15.1. The molecule has 0 fully saturated rings. The monoisotopic (exact) mass is 529 g/mol. The molecule has 0 unspecified atom stereocenters. The average Bonchev–Trinajstić information content (AvgIpc) is 2.77. The van der Waals surface area contributed by atoms with Crippen LogP contribution in [0.25, 0.3) is 0 Å². The fraction of sp³-hybridized carbons (Fsp3) is 0.600. The third kappa shape index (κ3) is 13.6. The molecule has 0 aliphatic rings. The Labute approximate surface area is 215 Å². The summed E-state index contributed by atoms with van der Waals surface area (Å²) >= 11 is 0. The number of nitrogens with one attached hydrogen (secondary N) is 3. The van der Waals surface area contributed by atoms with Crippen LogP contribution in [0.1, 0.15) is 53.0 Å². The molecule has 1 aromatic carbocycles. The molecule has 37 heavy (non-hydrogen) atoms. The zero-order chi connectivity index (χ0) is 28.2. The first-order chi connectivity index (χ1) is 17.2. The van der Waals surface area contributed by atoms with E-state index in [4.69, 9.17) is 4.74 Å². The van der Waals surface area contributed by atoms with Crippen molar-refractivity contribution in [2.45, 2.75) is 84.2 Å². The molecule has 10 nitrogen and oxygen atoms in total. The number of aryl methyl sites for hydroxylation is 1. The highest BCUT2D eigenvalue weighted by Crippen LogP contribution is 2.11. The maximum atomic E-state index is 13.2. The van der Waals surface area contributed by atoms with E-state index >= 15 is 0 Å². The van der Waals surface area contributed by atoms with Crippen LogP contribution in [0, 0.1) is 5.92 Å². The van der Waals surface area contributed by atoms with Crippen LogP contribution in [0.5, 0.6) is 0 Å². The van der Waals surface area contributed by atoms with Gasteiger partial charge in [0.2, 0.25) is 11.8 Å². The number of amides is 3. The van der Waals surface area contributed by atoms with Crippen molar-refractivity contribution in [1.82, 2.24) is 16.0 Å². The van der Waals surface area contributed by atoms with Crippen LogP contribution in [-0.2, 0) is 30.3 Å². The molecule has 0 radical (unpaired) electrons. The van der Waals surface area contributed by atoms with Gasteiger partial charge in [-0.15, -0.1) is 0 Å². The van der Waals surface area contributed by atoms with Crippen LogP contribution in [0.15, 0.2) is 30.3 Å². The number of carbonyl (C=O) groups excluding carboxylic acids is 3. The summed E-state index contributed by atoms with van der Waals surface area (Å²) in [5.41, 5.74) is 0.114. The van der Waals surface area contributed by atoms with Gasteiger partial charge in [-0.25, -0.2) is 9.59 Å². The minimum absolute atomic E-state index is 0.0989. The first kappa shape index (κ1) is 31.7. The van der Waals surface area contributed by atoms with Gasteiger partial charge in [-0.1, -0.05) is 44.2 Å². The van der Waals surface area contributed by atoms with E-state index in [1.165, 1.54) is 0 Å². The molecule has 1 rings (SSSR count). The number of carboxylic acids is 1. The highest BCUT2D eigenvalue weighted by Gasteiger charge is 2.31. The molecule has 0 heterocycles. The highest BCUT2D eigenvalue weighted by molar-refractivity contribution is 5.92. The predicted octanol–water partition coefficient (Wildman–Crippen LogP) is 2.85. The third-order valence-corrected chi connectivity index (χ3v) is 4.92. The Morgan fingerprint density at radius 2 is 1.49 bits per heavy atom. The van der Waals surface area contributed by atoms with Crippen LogP contribution in [0.3, 0.4) is 0 Å². The van der Waals surface area contributed by atoms with Crippen molar-refractivity contribution in [2.75, 3.05) is 6.61 Å². The summed E-state index contributed by atoms with van der Waals surface area (Å²) in [5.74, 6) is -3.24. The number of alkyl carbamates (subject to hydrolysis) is 1. The van der Waals surface area contributed by atoms with E-state index in [0.717, 1.165) is 5.56 Å². The summed E-state index contributed by atoms with van der Waals surface area (Å²) in [6.07, 6.45) is -0.0784. The molecule has 0 aliphatic carbocycles. The second-order valence-corrected chi connectivity index (χ2v) is 9.91. The Hall–Kier alpha value is -3.28. The van der Waals surface area contributed by atoms with Gasteiger partial charge in [-0.05, 0) is 51.5 Å². The number of ether oxygens (including phenoxy) is 2. The van der Waals surface area contributed by atoms with Crippen LogP contribution < -0.4 is 16.0 Å². The molecule has 0 aliphatic heterocycles. The van der Waals surface area contributed by atoms with Crippen LogP contribution in [0.4, 0.5) is 13.6 Å². The van der Waals surface area contributed by atoms with E-state index < -0.39 is 60.8 Å². The molecule has 3 atom stereocenters. The fourth-order valence-corrected chi connectivity index (χ4v) is 3.27. The zero-order valence-corrected chi connectivity index (χ0v) is 21.8. The van der Waals surface area contributed by atoms with Gasteiger partial charge in [0.05, 0.1) is 6.61 Å². The van der Waals surface area contributed by atoms with Gasteiger partial charge >= 0.3 is 18.7 Å². The molecule has 0 spiro atoms. The number of carboxylic acid groups (broad SMARTS) is 1. The summed E-state index contributed by atoms with van der Waals surface area (Å²) in [6, 6.07) is 5.24. The van der Waals surface area contributed by atoms with Gasteiger partial charge in [0.1, 0.15) is 17.7 Å². The zero-order valence-electron chi connectivity index (χ0n) is 21.8. The number of hydrogen-bond donors (Lipinski definition) is 4. The molecule has 0 saturated carbocycles. The van der Waals surface area contributed by atoms with Crippen molar-refractivity contribution in [3.63, 3.8) is 0 Å². The van der Waals surface area contributed by atoms with E-state index in [0.29, 0.717) is 6.42 Å². The van der Waals surface area contributed by atoms with E-state index in [1.54, 1.807) is 34.6 Å². The van der Waals surface area contributed by atoms with Crippen LogP contribution in [-0.4, -0.2) is 65.9 Å². The summed E-state index contributed by atoms with van der Waals surface area (Å²) in [6.45, 7) is 4.41. The van der Waals surface area contributed by atoms with Crippen molar-refractivity contribution in [3.8, 4) is 0 Å². The Morgan fingerprint density at radius 3 is 2.00 bits per heavy atom. The Balaban J connectivity index is 3.03. The van der Waals surface area contributed by atoms with Gasteiger partial charge in [0.25, 0.3) is 0 Å². The number of carbonyl (C=O) groups is 4. The van der Waals surface area contributed by atoms with E-state index in [9.17, 15) is 33.1 Å². The summed E-state index contributed by atoms with van der Waals surface area (Å²) in [7, 11) is 0. The van der Waals surface area contributed by atoms with Crippen LogP contribution >= 0.6 is 0 Å². The largest absolute Gasteiger partial charge is 0.480 e. The maximum absolute atomic E-state index is 13.2. The number of halogens is 2. The molecule has 0 bridgehead atoms. The molecular weight excluding hydrogens is 492 g/mol. The minimum Gasteiger partial charge on any atom is -0.480 e. The normalized spacial score (nSPS) is 14.0.